The lowest BCUT2D eigenvalue weighted by atomic mass is 10.2. The highest BCUT2D eigenvalue weighted by atomic mass is 32.2. The summed E-state index contributed by atoms with van der Waals surface area (Å²) in [7, 11) is 1.62. The van der Waals surface area contributed by atoms with Gasteiger partial charge in [-0.2, -0.15) is 0 Å². The Morgan fingerprint density at radius 1 is 1.25 bits per heavy atom. The van der Waals surface area contributed by atoms with Crippen molar-refractivity contribution in [3.05, 3.63) is 64.2 Å². The summed E-state index contributed by atoms with van der Waals surface area (Å²) in [4.78, 5) is 41.3. The third-order valence-corrected chi connectivity index (χ3v) is 5.45. The molecule has 8 nitrogen and oxygen atoms in total. The molecule has 0 aromatic heterocycles. The Hall–Kier alpha value is -3.20. The molecular weight excluding hydrogens is 380 g/mol. The Kier molecular flexibility index (Phi) is 5.74. The Balaban J connectivity index is 1.72. The van der Waals surface area contributed by atoms with Gasteiger partial charge in [0.05, 0.1) is 10.6 Å². The zero-order valence-electron chi connectivity index (χ0n) is 15.3. The summed E-state index contributed by atoms with van der Waals surface area (Å²) >= 11 is 1.21. The SMILES string of the molecule is Cc1ccccc1N=C1S[C@@H](CC(=O)Nc2ccccc2[N+](=O)[O-])C(=O)N1C. The van der Waals surface area contributed by atoms with Crippen molar-refractivity contribution in [2.24, 2.45) is 4.99 Å². The number of rotatable bonds is 5. The monoisotopic (exact) mass is 398 g/mol. The average Bonchev–Trinajstić information content (AvgIpc) is 2.91. The van der Waals surface area contributed by atoms with E-state index in [9.17, 15) is 19.7 Å². The van der Waals surface area contributed by atoms with Gasteiger partial charge < -0.3 is 5.32 Å². The van der Waals surface area contributed by atoms with Crippen LogP contribution in [-0.4, -0.2) is 39.1 Å². The number of para-hydroxylation sites is 3. The zero-order chi connectivity index (χ0) is 20.3. The lowest BCUT2D eigenvalue weighted by molar-refractivity contribution is -0.383. The molecule has 1 atom stereocenters. The van der Waals surface area contributed by atoms with E-state index < -0.39 is 16.1 Å². The molecule has 1 fully saturated rings. The van der Waals surface area contributed by atoms with Crippen LogP contribution in [0.1, 0.15) is 12.0 Å². The van der Waals surface area contributed by atoms with E-state index in [1.807, 2.05) is 31.2 Å². The number of amides is 2. The number of nitrogens with one attached hydrogen (secondary N) is 1. The largest absolute Gasteiger partial charge is 0.320 e. The van der Waals surface area contributed by atoms with E-state index in [1.165, 1.54) is 34.9 Å². The quantitative estimate of drug-likeness (QED) is 0.613. The number of nitrogens with zero attached hydrogens (tertiary/aromatic N) is 3. The van der Waals surface area contributed by atoms with Crippen molar-refractivity contribution in [1.29, 1.82) is 0 Å². The second-order valence-corrected chi connectivity index (χ2v) is 7.38. The van der Waals surface area contributed by atoms with Gasteiger partial charge in [0.15, 0.2) is 5.17 Å². The van der Waals surface area contributed by atoms with Gasteiger partial charge in [0.2, 0.25) is 11.8 Å². The van der Waals surface area contributed by atoms with E-state index in [2.05, 4.69) is 10.3 Å². The molecule has 0 spiro atoms. The van der Waals surface area contributed by atoms with Crippen molar-refractivity contribution < 1.29 is 14.5 Å². The number of anilines is 1. The number of benzene rings is 2. The lowest BCUT2D eigenvalue weighted by Crippen LogP contribution is -2.30. The molecule has 144 valence electrons. The van der Waals surface area contributed by atoms with Crippen molar-refractivity contribution in [3.63, 3.8) is 0 Å². The van der Waals surface area contributed by atoms with Crippen molar-refractivity contribution in [2.45, 2.75) is 18.6 Å². The first kappa shape index (κ1) is 19.6. The highest BCUT2D eigenvalue weighted by Gasteiger charge is 2.37. The average molecular weight is 398 g/mol. The second-order valence-electron chi connectivity index (χ2n) is 6.21. The molecule has 0 bridgehead atoms. The van der Waals surface area contributed by atoms with Crippen LogP contribution < -0.4 is 5.32 Å². The number of nitro benzene ring substituents is 1. The third-order valence-electron chi connectivity index (χ3n) is 4.22. The van der Waals surface area contributed by atoms with Crippen LogP contribution in [-0.2, 0) is 9.59 Å². The predicted octanol–water partition coefficient (Wildman–Crippen LogP) is 3.49. The first-order valence-corrected chi connectivity index (χ1v) is 9.36. The highest BCUT2D eigenvalue weighted by molar-refractivity contribution is 8.15. The number of aliphatic imine (C=N–C) groups is 1. The van der Waals surface area contributed by atoms with Crippen LogP contribution in [0.4, 0.5) is 17.1 Å². The third kappa shape index (κ3) is 4.20. The Labute approximate surface area is 165 Å². The van der Waals surface area contributed by atoms with E-state index in [0.29, 0.717) is 5.17 Å². The maximum atomic E-state index is 12.5. The van der Waals surface area contributed by atoms with Gasteiger partial charge >= 0.3 is 0 Å². The number of hydrogen-bond donors (Lipinski definition) is 1. The summed E-state index contributed by atoms with van der Waals surface area (Å²) < 4.78 is 0. The van der Waals surface area contributed by atoms with Gasteiger partial charge in [0, 0.05) is 19.5 Å². The van der Waals surface area contributed by atoms with Crippen LogP contribution in [0, 0.1) is 17.0 Å². The van der Waals surface area contributed by atoms with Crippen LogP contribution in [0.25, 0.3) is 0 Å². The van der Waals surface area contributed by atoms with E-state index in [1.54, 1.807) is 13.1 Å². The van der Waals surface area contributed by atoms with E-state index in [-0.39, 0.29) is 23.7 Å². The molecular formula is C19H18N4O4S. The molecule has 1 saturated heterocycles. The number of carbonyl (C=O) groups is 2. The first-order chi connectivity index (χ1) is 13.4. The number of aryl methyl sites for hydroxylation is 1. The fraction of sp³-hybridized carbons (Fsp3) is 0.211. The molecule has 1 aliphatic rings. The molecule has 0 aliphatic carbocycles. The molecule has 1 aliphatic heterocycles. The van der Waals surface area contributed by atoms with Gasteiger partial charge in [-0.05, 0) is 24.6 Å². The summed E-state index contributed by atoms with van der Waals surface area (Å²) in [5, 5.41) is 13.5. The normalized spacial score (nSPS) is 17.8. The van der Waals surface area contributed by atoms with E-state index in [4.69, 9.17) is 0 Å². The second kappa shape index (κ2) is 8.22. The highest BCUT2D eigenvalue weighted by Crippen LogP contribution is 2.32. The molecule has 1 heterocycles. The van der Waals surface area contributed by atoms with Crippen LogP contribution in [0.5, 0.6) is 0 Å². The Morgan fingerprint density at radius 2 is 1.93 bits per heavy atom. The zero-order valence-corrected chi connectivity index (χ0v) is 16.1. The van der Waals surface area contributed by atoms with Gasteiger partial charge in [-0.3, -0.25) is 24.6 Å². The summed E-state index contributed by atoms with van der Waals surface area (Å²) in [5.74, 6) is -0.694. The molecule has 0 saturated carbocycles. The molecule has 1 N–H and O–H groups in total. The fourth-order valence-corrected chi connectivity index (χ4v) is 3.84. The van der Waals surface area contributed by atoms with Crippen LogP contribution in [0.2, 0.25) is 0 Å². The standard InChI is InChI=1S/C19H18N4O4S/c1-12-7-3-4-8-13(12)21-19-22(2)18(25)16(28-19)11-17(24)20-14-9-5-6-10-15(14)23(26)27/h3-10,16H,11H2,1-2H3,(H,20,24)/t16-/m0/s1. The van der Waals surface area contributed by atoms with Crippen LogP contribution in [0.3, 0.4) is 0 Å². The summed E-state index contributed by atoms with van der Waals surface area (Å²) in [5.41, 5.74) is 1.65. The minimum atomic E-state index is -0.629. The Morgan fingerprint density at radius 3 is 2.64 bits per heavy atom. The van der Waals surface area contributed by atoms with Crippen molar-refractivity contribution in [3.8, 4) is 0 Å². The molecule has 0 unspecified atom stereocenters. The van der Waals surface area contributed by atoms with Crippen molar-refractivity contribution in [1.82, 2.24) is 4.90 Å². The number of nitro groups is 1. The number of amidine groups is 1. The predicted molar refractivity (Wildman–Crippen MR) is 109 cm³/mol. The molecule has 28 heavy (non-hydrogen) atoms. The number of hydrogen-bond acceptors (Lipinski definition) is 6. The maximum Gasteiger partial charge on any atom is 0.292 e. The van der Waals surface area contributed by atoms with Gasteiger partial charge in [-0.25, -0.2) is 4.99 Å². The van der Waals surface area contributed by atoms with Gasteiger partial charge in [0.1, 0.15) is 10.9 Å². The molecule has 0 radical (unpaired) electrons. The van der Waals surface area contributed by atoms with Crippen LogP contribution in [0.15, 0.2) is 53.5 Å². The topological polar surface area (TPSA) is 105 Å². The molecule has 3 rings (SSSR count). The van der Waals surface area contributed by atoms with Gasteiger partial charge in [0.25, 0.3) is 5.69 Å². The molecule has 2 amide bonds. The smallest absolute Gasteiger partial charge is 0.292 e. The van der Waals surface area contributed by atoms with Crippen molar-refractivity contribution >= 4 is 45.8 Å². The lowest BCUT2D eigenvalue weighted by Gasteiger charge is -2.09. The number of thioether (sulfide) groups is 1. The minimum Gasteiger partial charge on any atom is -0.320 e. The summed E-state index contributed by atoms with van der Waals surface area (Å²) in [6.45, 7) is 1.93. The molecule has 2 aromatic carbocycles. The Bertz CT molecular complexity index is 976. The summed E-state index contributed by atoms with van der Waals surface area (Å²) in [6.07, 6.45) is -0.104. The van der Waals surface area contributed by atoms with Gasteiger partial charge in [-0.15, -0.1) is 0 Å². The van der Waals surface area contributed by atoms with E-state index in [0.717, 1.165) is 11.3 Å². The molecule has 9 heteroatoms. The van der Waals surface area contributed by atoms with E-state index >= 15 is 0 Å². The van der Waals surface area contributed by atoms with Gasteiger partial charge in [-0.1, -0.05) is 42.1 Å². The van der Waals surface area contributed by atoms with Crippen LogP contribution >= 0.6 is 11.8 Å². The maximum absolute atomic E-state index is 12.5. The fourth-order valence-electron chi connectivity index (χ4n) is 2.70. The first-order valence-electron chi connectivity index (χ1n) is 8.48. The minimum absolute atomic E-state index is 0.104. The molecule has 2 aromatic rings. The van der Waals surface area contributed by atoms with Crippen molar-refractivity contribution in [2.75, 3.05) is 12.4 Å². The number of carbonyl (C=O) groups excluding carboxylic acids is 2. The summed E-state index contributed by atoms with van der Waals surface area (Å²) in [6, 6.07) is 13.4.